The molecule has 0 aliphatic heterocycles. The van der Waals surface area contributed by atoms with E-state index in [2.05, 4.69) is 32.8 Å². The molecule has 2 aromatic rings. The second-order valence-corrected chi connectivity index (χ2v) is 6.67. The van der Waals surface area contributed by atoms with Gasteiger partial charge in [0.25, 0.3) is 0 Å². The van der Waals surface area contributed by atoms with E-state index in [1.165, 1.54) is 0 Å². The van der Waals surface area contributed by atoms with Crippen molar-refractivity contribution >= 4 is 17.2 Å². The number of allylic oxidation sites excluding steroid dienone is 2. The minimum Gasteiger partial charge on any atom is -0.356 e. The summed E-state index contributed by atoms with van der Waals surface area (Å²) >= 11 is 1.68. The first-order valence-corrected chi connectivity index (χ1v) is 8.99. The normalized spacial score (nSPS) is 14.3. The molecule has 5 heteroatoms. The number of aromatic nitrogens is 2. The number of aryl methyl sites for hydroxylation is 1. The summed E-state index contributed by atoms with van der Waals surface area (Å²) in [7, 11) is 0. The molecule has 0 saturated heterocycles. The van der Waals surface area contributed by atoms with Gasteiger partial charge in [-0.15, -0.1) is 11.3 Å². The van der Waals surface area contributed by atoms with Crippen LogP contribution in [0.5, 0.6) is 0 Å². The van der Waals surface area contributed by atoms with Gasteiger partial charge in [-0.3, -0.25) is 9.78 Å². The molecule has 0 saturated carbocycles. The lowest BCUT2D eigenvalue weighted by Gasteiger charge is -2.09. The van der Waals surface area contributed by atoms with Crippen LogP contribution in [0.4, 0.5) is 0 Å². The largest absolute Gasteiger partial charge is 0.356 e. The van der Waals surface area contributed by atoms with Gasteiger partial charge in [0.2, 0.25) is 5.91 Å². The summed E-state index contributed by atoms with van der Waals surface area (Å²) in [5.41, 5.74) is 1.88. The summed E-state index contributed by atoms with van der Waals surface area (Å²) in [6.07, 6.45) is 10.7. The van der Waals surface area contributed by atoms with Crippen LogP contribution < -0.4 is 5.32 Å². The van der Waals surface area contributed by atoms with Crippen LogP contribution in [0, 0.1) is 5.92 Å². The SMILES string of the molecule is O=C(NCCCCc1nc(-c2ccccn2)cs1)C1CC=CC1. The molecule has 2 aromatic heterocycles. The first-order chi connectivity index (χ1) is 11.3. The highest BCUT2D eigenvalue weighted by Gasteiger charge is 2.18. The van der Waals surface area contributed by atoms with E-state index in [4.69, 9.17) is 0 Å². The highest BCUT2D eigenvalue weighted by atomic mass is 32.1. The molecule has 0 radical (unpaired) electrons. The van der Waals surface area contributed by atoms with Gasteiger partial charge in [-0.25, -0.2) is 4.98 Å². The number of pyridine rings is 1. The van der Waals surface area contributed by atoms with Crippen LogP contribution in [-0.4, -0.2) is 22.4 Å². The number of rotatable bonds is 7. The minimum absolute atomic E-state index is 0.162. The van der Waals surface area contributed by atoms with Gasteiger partial charge < -0.3 is 5.32 Å². The number of hydrogen-bond acceptors (Lipinski definition) is 4. The monoisotopic (exact) mass is 327 g/mol. The van der Waals surface area contributed by atoms with E-state index in [0.717, 1.165) is 55.0 Å². The Morgan fingerprint density at radius 1 is 1.22 bits per heavy atom. The van der Waals surface area contributed by atoms with Gasteiger partial charge in [0.05, 0.1) is 16.4 Å². The Balaban J connectivity index is 1.36. The first-order valence-electron chi connectivity index (χ1n) is 8.11. The van der Waals surface area contributed by atoms with E-state index in [1.54, 1.807) is 17.5 Å². The molecule has 0 spiro atoms. The second-order valence-electron chi connectivity index (χ2n) is 5.73. The van der Waals surface area contributed by atoms with Crippen molar-refractivity contribution in [3.63, 3.8) is 0 Å². The van der Waals surface area contributed by atoms with Gasteiger partial charge in [-0.05, 0) is 44.2 Å². The van der Waals surface area contributed by atoms with Crippen molar-refractivity contribution in [2.75, 3.05) is 6.54 Å². The Labute approximate surface area is 140 Å². The smallest absolute Gasteiger partial charge is 0.223 e. The van der Waals surface area contributed by atoms with Crippen LogP contribution in [0.2, 0.25) is 0 Å². The van der Waals surface area contributed by atoms with E-state index < -0.39 is 0 Å². The second kappa shape index (κ2) is 8.02. The third-order valence-corrected chi connectivity index (χ3v) is 4.88. The minimum atomic E-state index is 0.162. The lowest BCUT2D eigenvalue weighted by atomic mass is 10.1. The molecule has 4 nitrogen and oxygen atoms in total. The van der Waals surface area contributed by atoms with E-state index in [0.29, 0.717) is 0 Å². The summed E-state index contributed by atoms with van der Waals surface area (Å²) in [5, 5.41) is 6.23. The summed E-state index contributed by atoms with van der Waals surface area (Å²) in [6, 6.07) is 5.86. The van der Waals surface area contributed by atoms with E-state index in [9.17, 15) is 4.79 Å². The molecule has 0 aromatic carbocycles. The molecule has 1 aliphatic carbocycles. The van der Waals surface area contributed by atoms with E-state index in [1.807, 2.05) is 18.2 Å². The van der Waals surface area contributed by atoms with Crippen LogP contribution >= 0.6 is 11.3 Å². The topological polar surface area (TPSA) is 54.9 Å². The van der Waals surface area contributed by atoms with Gasteiger partial charge in [0.1, 0.15) is 0 Å². The number of thiazole rings is 1. The molecule has 120 valence electrons. The molecule has 0 bridgehead atoms. The number of carbonyl (C=O) groups excluding carboxylic acids is 1. The zero-order valence-electron chi connectivity index (χ0n) is 13.1. The molecule has 1 aliphatic rings. The Morgan fingerprint density at radius 3 is 2.87 bits per heavy atom. The first kappa shape index (κ1) is 15.9. The molecule has 1 amide bonds. The Bertz CT molecular complexity index is 658. The molecule has 23 heavy (non-hydrogen) atoms. The number of amides is 1. The van der Waals surface area contributed by atoms with Crippen LogP contribution in [0.25, 0.3) is 11.4 Å². The predicted molar refractivity (Wildman–Crippen MR) is 93.2 cm³/mol. The number of carbonyl (C=O) groups is 1. The molecule has 0 atom stereocenters. The van der Waals surface area contributed by atoms with Gasteiger partial charge >= 0.3 is 0 Å². The highest BCUT2D eigenvalue weighted by molar-refractivity contribution is 7.09. The third kappa shape index (κ3) is 4.48. The van der Waals surface area contributed by atoms with Crippen molar-refractivity contribution in [1.29, 1.82) is 0 Å². The fraction of sp³-hybridized carbons (Fsp3) is 0.389. The quantitative estimate of drug-likeness (QED) is 0.624. The van der Waals surface area contributed by atoms with Crippen LogP contribution in [-0.2, 0) is 11.2 Å². The maximum absolute atomic E-state index is 11.9. The van der Waals surface area contributed by atoms with Crippen LogP contribution in [0.1, 0.15) is 30.7 Å². The molecular formula is C18H21N3OS. The van der Waals surface area contributed by atoms with Crippen LogP contribution in [0.3, 0.4) is 0 Å². The molecule has 0 unspecified atom stereocenters. The Morgan fingerprint density at radius 2 is 2.09 bits per heavy atom. The number of unbranched alkanes of at least 4 members (excludes halogenated alkanes) is 1. The van der Waals surface area contributed by atoms with Crippen molar-refractivity contribution in [3.8, 4) is 11.4 Å². The molecule has 2 heterocycles. The summed E-state index contributed by atoms with van der Waals surface area (Å²) in [6.45, 7) is 0.758. The summed E-state index contributed by atoms with van der Waals surface area (Å²) in [5.74, 6) is 0.358. The van der Waals surface area contributed by atoms with Gasteiger partial charge in [0, 0.05) is 24.0 Å². The molecule has 1 N–H and O–H groups in total. The molecular weight excluding hydrogens is 306 g/mol. The van der Waals surface area contributed by atoms with Crippen LogP contribution in [0.15, 0.2) is 41.9 Å². The predicted octanol–water partition coefficient (Wildman–Crippen LogP) is 3.61. The number of hydrogen-bond donors (Lipinski definition) is 1. The van der Waals surface area contributed by atoms with Gasteiger partial charge in [-0.1, -0.05) is 18.2 Å². The number of nitrogens with one attached hydrogen (secondary N) is 1. The van der Waals surface area contributed by atoms with Gasteiger partial charge in [-0.2, -0.15) is 0 Å². The zero-order valence-corrected chi connectivity index (χ0v) is 13.9. The third-order valence-electron chi connectivity index (χ3n) is 3.97. The van der Waals surface area contributed by atoms with Crippen molar-refractivity contribution in [3.05, 3.63) is 46.9 Å². The van der Waals surface area contributed by atoms with E-state index >= 15 is 0 Å². The van der Waals surface area contributed by atoms with E-state index in [-0.39, 0.29) is 11.8 Å². The van der Waals surface area contributed by atoms with Crippen molar-refractivity contribution in [1.82, 2.24) is 15.3 Å². The number of nitrogens with zero attached hydrogens (tertiary/aromatic N) is 2. The average molecular weight is 327 g/mol. The van der Waals surface area contributed by atoms with Gasteiger partial charge in [0.15, 0.2) is 0 Å². The fourth-order valence-corrected chi connectivity index (χ4v) is 3.48. The van der Waals surface area contributed by atoms with Crippen molar-refractivity contribution in [2.45, 2.75) is 32.1 Å². The molecule has 0 fully saturated rings. The standard InChI is InChI=1S/C18H21N3OS/c22-18(14-7-1-2-8-14)20-12-6-4-10-17-21-16(13-23-17)15-9-3-5-11-19-15/h1-3,5,9,11,13-14H,4,6-8,10,12H2,(H,20,22). The van der Waals surface area contributed by atoms with Crippen molar-refractivity contribution in [2.24, 2.45) is 5.92 Å². The fourth-order valence-electron chi connectivity index (χ4n) is 2.65. The Kier molecular flexibility index (Phi) is 5.53. The summed E-state index contributed by atoms with van der Waals surface area (Å²) in [4.78, 5) is 20.8. The zero-order chi connectivity index (χ0) is 15.9. The maximum Gasteiger partial charge on any atom is 0.223 e. The lowest BCUT2D eigenvalue weighted by Crippen LogP contribution is -2.30. The highest BCUT2D eigenvalue weighted by Crippen LogP contribution is 2.21. The van der Waals surface area contributed by atoms with Crippen molar-refractivity contribution < 1.29 is 4.79 Å². The average Bonchev–Trinajstić information content (AvgIpc) is 3.27. The maximum atomic E-state index is 11.9. The lowest BCUT2D eigenvalue weighted by molar-refractivity contribution is -0.124. The Hall–Kier alpha value is -2.01. The summed E-state index contributed by atoms with van der Waals surface area (Å²) < 4.78 is 0. The molecule has 3 rings (SSSR count).